The Hall–Kier alpha value is -1.03. The molecule has 0 N–H and O–H groups in total. The number of carbonyl (C=O) groups excluding carboxylic acids is 1. The minimum atomic E-state index is -0.264. The summed E-state index contributed by atoms with van der Waals surface area (Å²) in [6.45, 7) is 0.336. The number of rotatable bonds is 4. The summed E-state index contributed by atoms with van der Waals surface area (Å²) >= 11 is 3.33. The average Bonchev–Trinajstić information content (AvgIpc) is 2.17. The minimum absolute atomic E-state index is 0.264. The second-order valence-electron chi connectivity index (χ2n) is 2.63. The number of halogens is 1. The van der Waals surface area contributed by atoms with Gasteiger partial charge >= 0.3 is 5.97 Å². The zero-order valence-electron chi connectivity index (χ0n) is 7.83. The van der Waals surface area contributed by atoms with Crippen LogP contribution in [0.25, 0.3) is 0 Å². The number of ether oxygens (including phenoxy) is 2. The fraction of sp³-hybridized carbons (Fsp3) is 0.300. The van der Waals surface area contributed by atoms with Gasteiger partial charge in [0.15, 0.2) is 0 Å². The molecule has 0 atom stereocenters. The van der Waals surface area contributed by atoms with Gasteiger partial charge in [-0.1, -0.05) is 22.0 Å². The lowest BCUT2D eigenvalue weighted by Gasteiger charge is -2.04. The van der Waals surface area contributed by atoms with E-state index in [-0.39, 0.29) is 12.4 Å². The van der Waals surface area contributed by atoms with Gasteiger partial charge in [-0.3, -0.25) is 4.79 Å². The molecule has 4 heteroatoms. The summed E-state index contributed by atoms with van der Waals surface area (Å²) in [4.78, 5) is 10.8. The van der Waals surface area contributed by atoms with Crippen molar-refractivity contribution in [3.63, 3.8) is 0 Å². The summed E-state index contributed by atoms with van der Waals surface area (Å²) in [6.07, 6.45) is 0.267. The Kier molecular flexibility index (Phi) is 4.46. The van der Waals surface area contributed by atoms with Crippen molar-refractivity contribution in [3.05, 3.63) is 28.7 Å². The molecule has 0 aromatic heterocycles. The Labute approximate surface area is 91.1 Å². The summed E-state index contributed by atoms with van der Waals surface area (Å²) < 4.78 is 10.8. The van der Waals surface area contributed by atoms with Crippen molar-refractivity contribution in [2.45, 2.75) is 6.42 Å². The number of hydrogen-bond acceptors (Lipinski definition) is 3. The van der Waals surface area contributed by atoms with Crippen molar-refractivity contribution < 1.29 is 14.3 Å². The van der Waals surface area contributed by atoms with Crippen molar-refractivity contribution in [1.82, 2.24) is 0 Å². The number of carbonyl (C=O) groups is 1. The van der Waals surface area contributed by atoms with Gasteiger partial charge in [0.2, 0.25) is 0 Å². The molecular formula is C10H11BrO3. The van der Waals surface area contributed by atoms with Gasteiger partial charge in [0.05, 0.1) is 20.1 Å². The minimum Gasteiger partial charge on any atom is -0.493 e. The lowest BCUT2D eigenvalue weighted by atomic mass is 10.3. The van der Waals surface area contributed by atoms with E-state index < -0.39 is 0 Å². The highest BCUT2D eigenvalue weighted by Crippen LogP contribution is 2.17. The number of esters is 1. The molecule has 3 nitrogen and oxygen atoms in total. The summed E-state index contributed by atoms with van der Waals surface area (Å²) in [6, 6.07) is 7.46. The summed E-state index contributed by atoms with van der Waals surface area (Å²) in [5.41, 5.74) is 0. The Morgan fingerprint density at radius 3 is 2.93 bits per heavy atom. The predicted molar refractivity (Wildman–Crippen MR) is 56.3 cm³/mol. The molecular weight excluding hydrogens is 248 g/mol. The van der Waals surface area contributed by atoms with E-state index in [9.17, 15) is 4.79 Å². The molecule has 0 aliphatic heterocycles. The van der Waals surface area contributed by atoms with Crippen LogP contribution in [0.2, 0.25) is 0 Å². The molecule has 1 rings (SSSR count). The van der Waals surface area contributed by atoms with Crippen LogP contribution in [0.5, 0.6) is 5.75 Å². The molecule has 0 bridgehead atoms. The van der Waals surface area contributed by atoms with Crippen LogP contribution >= 0.6 is 15.9 Å². The Bertz CT molecular complexity index is 312. The molecule has 0 saturated heterocycles. The van der Waals surface area contributed by atoms with Crippen LogP contribution in [0.3, 0.4) is 0 Å². The van der Waals surface area contributed by atoms with Gasteiger partial charge in [0, 0.05) is 4.47 Å². The Morgan fingerprint density at radius 1 is 1.50 bits per heavy atom. The van der Waals surface area contributed by atoms with Crippen LogP contribution in [-0.2, 0) is 9.53 Å². The average molecular weight is 259 g/mol. The maximum absolute atomic E-state index is 10.8. The lowest BCUT2D eigenvalue weighted by molar-refractivity contribution is -0.141. The van der Waals surface area contributed by atoms with Gasteiger partial charge in [0.25, 0.3) is 0 Å². The van der Waals surface area contributed by atoms with E-state index in [0.29, 0.717) is 6.61 Å². The van der Waals surface area contributed by atoms with E-state index in [1.54, 1.807) is 0 Å². The molecule has 14 heavy (non-hydrogen) atoms. The first-order valence-electron chi connectivity index (χ1n) is 4.17. The molecule has 0 aliphatic rings. The van der Waals surface area contributed by atoms with Crippen molar-refractivity contribution in [3.8, 4) is 5.75 Å². The number of benzene rings is 1. The monoisotopic (exact) mass is 258 g/mol. The summed E-state index contributed by atoms with van der Waals surface area (Å²) in [7, 11) is 1.36. The quantitative estimate of drug-likeness (QED) is 0.779. The molecule has 0 spiro atoms. The largest absolute Gasteiger partial charge is 0.493 e. The molecule has 0 heterocycles. The van der Waals surface area contributed by atoms with Crippen molar-refractivity contribution in [1.29, 1.82) is 0 Å². The second-order valence-corrected chi connectivity index (χ2v) is 3.55. The van der Waals surface area contributed by atoms with E-state index in [0.717, 1.165) is 10.2 Å². The third-order valence-electron chi connectivity index (χ3n) is 1.60. The Balaban J connectivity index is 2.35. The molecule has 1 aromatic rings. The summed E-state index contributed by atoms with van der Waals surface area (Å²) in [5, 5.41) is 0. The van der Waals surface area contributed by atoms with Gasteiger partial charge in [-0.15, -0.1) is 0 Å². The molecule has 0 saturated carbocycles. The van der Waals surface area contributed by atoms with Crippen molar-refractivity contribution in [2.24, 2.45) is 0 Å². The first-order valence-corrected chi connectivity index (χ1v) is 4.97. The molecule has 0 unspecified atom stereocenters. The molecule has 1 aromatic carbocycles. The van der Waals surface area contributed by atoms with Crippen LogP contribution in [0.4, 0.5) is 0 Å². The van der Waals surface area contributed by atoms with Crippen molar-refractivity contribution in [2.75, 3.05) is 13.7 Å². The van der Waals surface area contributed by atoms with Crippen LogP contribution in [0, 0.1) is 0 Å². The van der Waals surface area contributed by atoms with E-state index in [1.165, 1.54) is 7.11 Å². The standard InChI is InChI=1S/C10H11BrO3/c1-13-10(12)5-6-14-9-4-2-3-8(11)7-9/h2-4,7H,5-6H2,1H3. The van der Waals surface area contributed by atoms with E-state index in [2.05, 4.69) is 20.7 Å². The van der Waals surface area contributed by atoms with Gasteiger partial charge < -0.3 is 9.47 Å². The van der Waals surface area contributed by atoms with Crippen LogP contribution in [0.1, 0.15) is 6.42 Å². The van der Waals surface area contributed by atoms with Gasteiger partial charge in [-0.2, -0.15) is 0 Å². The van der Waals surface area contributed by atoms with Gasteiger partial charge in [-0.05, 0) is 18.2 Å². The van der Waals surface area contributed by atoms with E-state index >= 15 is 0 Å². The normalized spacial score (nSPS) is 9.57. The maximum atomic E-state index is 10.8. The highest BCUT2D eigenvalue weighted by Gasteiger charge is 2.00. The van der Waals surface area contributed by atoms with Gasteiger partial charge in [0.1, 0.15) is 5.75 Å². The fourth-order valence-corrected chi connectivity index (χ4v) is 1.29. The molecule has 0 aliphatic carbocycles. The lowest BCUT2D eigenvalue weighted by Crippen LogP contribution is -2.07. The highest BCUT2D eigenvalue weighted by atomic mass is 79.9. The van der Waals surface area contributed by atoms with Crippen molar-refractivity contribution >= 4 is 21.9 Å². The Morgan fingerprint density at radius 2 is 2.29 bits per heavy atom. The highest BCUT2D eigenvalue weighted by molar-refractivity contribution is 9.10. The first-order chi connectivity index (χ1) is 6.72. The van der Waals surface area contributed by atoms with Crippen LogP contribution in [-0.4, -0.2) is 19.7 Å². The number of methoxy groups -OCH3 is 1. The SMILES string of the molecule is COC(=O)CCOc1cccc(Br)c1. The maximum Gasteiger partial charge on any atom is 0.308 e. The topological polar surface area (TPSA) is 35.5 Å². The van der Waals surface area contributed by atoms with E-state index in [4.69, 9.17) is 4.74 Å². The third-order valence-corrected chi connectivity index (χ3v) is 2.09. The van der Waals surface area contributed by atoms with Crippen LogP contribution in [0.15, 0.2) is 28.7 Å². The zero-order valence-corrected chi connectivity index (χ0v) is 9.41. The smallest absolute Gasteiger partial charge is 0.308 e. The second kappa shape index (κ2) is 5.65. The summed E-state index contributed by atoms with van der Waals surface area (Å²) in [5.74, 6) is 0.475. The molecule has 0 amide bonds. The molecule has 0 radical (unpaired) electrons. The zero-order chi connectivity index (χ0) is 10.4. The number of hydrogen-bond donors (Lipinski definition) is 0. The third kappa shape index (κ3) is 3.79. The van der Waals surface area contributed by atoms with Gasteiger partial charge in [-0.25, -0.2) is 0 Å². The first kappa shape index (κ1) is 11.0. The van der Waals surface area contributed by atoms with E-state index in [1.807, 2.05) is 24.3 Å². The predicted octanol–water partition coefficient (Wildman–Crippen LogP) is 2.39. The molecule has 76 valence electrons. The molecule has 0 fully saturated rings. The fourth-order valence-electron chi connectivity index (χ4n) is 0.911. The van der Waals surface area contributed by atoms with Crippen LogP contribution < -0.4 is 4.74 Å².